The minimum atomic E-state index is -0.798. The summed E-state index contributed by atoms with van der Waals surface area (Å²) in [6, 6.07) is 10.8. The normalized spacial score (nSPS) is 11.6. The van der Waals surface area contributed by atoms with E-state index in [1.807, 2.05) is 0 Å². The first kappa shape index (κ1) is 21.9. The summed E-state index contributed by atoms with van der Waals surface area (Å²) in [5.74, 6) is 0.258. The third-order valence-electron chi connectivity index (χ3n) is 3.73. The molecular weight excluding hydrogens is 397 g/mol. The lowest BCUT2D eigenvalue weighted by Gasteiger charge is -2.12. The van der Waals surface area contributed by atoms with Gasteiger partial charge in [0.2, 0.25) is 0 Å². The van der Waals surface area contributed by atoms with Gasteiger partial charge < -0.3 is 14.2 Å². The van der Waals surface area contributed by atoms with Crippen molar-refractivity contribution in [1.29, 1.82) is 5.26 Å². The number of halogens is 1. The van der Waals surface area contributed by atoms with Crippen molar-refractivity contribution in [2.75, 3.05) is 27.6 Å². The predicted molar refractivity (Wildman–Crippen MR) is 110 cm³/mol. The number of methoxy groups -OCH3 is 3. The van der Waals surface area contributed by atoms with E-state index in [2.05, 4.69) is 14.7 Å². The number of nitriles is 1. The van der Waals surface area contributed by atoms with E-state index in [1.54, 1.807) is 30.5 Å². The van der Waals surface area contributed by atoms with E-state index in [9.17, 15) is 9.18 Å². The molecule has 2 aromatic rings. The summed E-state index contributed by atoms with van der Waals surface area (Å²) in [5, 5.41) is 9.16. The Kier molecular flexibility index (Phi) is 7.74. The molecule has 150 valence electrons. The van der Waals surface area contributed by atoms with Gasteiger partial charge >= 0.3 is 6.09 Å². The van der Waals surface area contributed by atoms with Gasteiger partial charge in [0.05, 0.1) is 32.6 Å². The van der Waals surface area contributed by atoms with Crippen molar-refractivity contribution in [2.45, 2.75) is 0 Å². The van der Waals surface area contributed by atoms with Gasteiger partial charge in [-0.15, -0.1) is 11.8 Å². The van der Waals surface area contributed by atoms with Gasteiger partial charge in [-0.1, -0.05) is 0 Å². The summed E-state index contributed by atoms with van der Waals surface area (Å²) >= 11 is 1.17. The molecule has 0 aliphatic heterocycles. The molecule has 9 heteroatoms. The summed E-state index contributed by atoms with van der Waals surface area (Å²) in [7, 11) is 4.22. The Morgan fingerprint density at radius 3 is 2.38 bits per heavy atom. The van der Waals surface area contributed by atoms with Crippen LogP contribution in [0.25, 0.3) is 0 Å². The summed E-state index contributed by atoms with van der Waals surface area (Å²) in [5.41, 5.74) is 1.01. The summed E-state index contributed by atoms with van der Waals surface area (Å²) in [4.78, 5) is 20.1. The zero-order valence-electron chi connectivity index (χ0n) is 16.2. The van der Waals surface area contributed by atoms with E-state index in [4.69, 9.17) is 14.7 Å². The number of carbonyl (C=O) groups excluding carboxylic acids is 1. The van der Waals surface area contributed by atoms with Crippen LogP contribution in [0.2, 0.25) is 0 Å². The number of rotatable bonds is 5. The maximum atomic E-state index is 14.0. The molecule has 0 bridgehead atoms. The molecule has 0 spiro atoms. The standard InChI is InChI=1S/C20H18FN3O4S/c1-26-16-8-6-12(9-17(16)27-2)18(19(29-4)24-20(25)28-3)23-14-7-5-13(11-22)15(21)10-14/h5-10H,1-4H3/b23-18?,24-19-. The van der Waals surface area contributed by atoms with Gasteiger partial charge in [-0.3, -0.25) is 0 Å². The van der Waals surface area contributed by atoms with Crippen LogP contribution in [0.15, 0.2) is 46.4 Å². The van der Waals surface area contributed by atoms with E-state index < -0.39 is 11.9 Å². The number of thioether (sulfide) groups is 1. The fourth-order valence-corrected chi connectivity index (χ4v) is 2.86. The summed E-state index contributed by atoms with van der Waals surface area (Å²) in [6.45, 7) is 0. The smallest absolute Gasteiger partial charge is 0.434 e. The van der Waals surface area contributed by atoms with Gasteiger partial charge in [0, 0.05) is 11.6 Å². The average molecular weight is 415 g/mol. The van der Waals surface area contributed by atoms with E-state index in [1.165, 1.54) is 45.2 Å². The predicted octanol–water partition coefficient (Wildman–Crippen LogP) is 4.36. The molecule has 0 saturated heterocycles. The topological polar surface area (TPSA) is 93.3 Å². The zero-order chi connectivity index (χ0) is 21.4. The maximum absolute atomic E-state index is 14.0. The molecule has 2 rings (SSSR count). The Bertz CT molecular complexity index is 1020. The van der Waals surface area contributed by atoms with Crippen LogP contribution in [-0.2, 0) is 4.74 Å². The van der Waals surface area contributed by atoms with E-state index in [0.717, 1.165) is 6.07 Å². The fraction of sp³-hybridized carbons (Fsp3) is 0.200. The van der Waals surface area contributed by atoms with Crippen LogP contribution in [0.1, 0.15) is 11.1 Å². The molecule has 29 heavy (non-hydrogen) atoms. The molecule has 0 aliphatic rings. The highest BCUT2D eigenvalue weighted by atomic mass is 32.2. The Labute approximate surface area is 171 Å². The number of amides is 1. The monoisotopic (exact) mass is 415 g/mol. The molecule has 2 aromatic carbocycles. The fourth-order valence-electron chi connectivity index (χ4n) is 2.34. The van der Waals surface area contributed by atoms with Crippen LogP contribution < -0.4 is 9.47 Å². The van der Waals surface area contributed by atoms with Crippen molar-refractivity contribution in [3.05, 3.63) is 53.3 Å². The Morgan fingerprint density at radius 1 is 1.10 bits per heavy atom. The third kappa shape index (κ3) is 5.33. The van der Waals surface area contributed by atoms with E-state index in [-0.39, 0.29) is 16.3 Å². The number of benzene rings is 2. The maximum Gasteiger partial charge on any atom is 0.434 e. The molecular formula is C20H18FN3O4S. The quantitative estimate of drug-likeness (QED) is 0.532. The highest BCUT2D eigenvalue weighted by Gasteiger charge is 2.17. The first-order valence-corrected chi connectivity index (χ1v) is 9.41. The number of hydrogen-bond acceptors (Lipinski definition) is 7. The van der Waals surface area contributed by atoms with Crippen LogP contribution >= 0.6 is 11.8 Å². The Morgan fingerprint density at radius 2 is 1.83 bits per heavy atom. The van der Waals surface area contributed by atoms with Gasteiger partial charge in [0.25, 0.3) is 0 Å². The Hall–Kier alpha value is -3.38. The lowest BCUT2D eigenvalue weighted by molar-refractivity contribution is 0.183. The first-order chi connectivity index (χ1) is 14.0. The highest BCUT2D eigenvalue weighted by Crippen LogP contribution is 2.29. The number of ether oxygens (including phenoxy) is 3. The van der Waals surface area contributed by atoms with Crippen molar-refractivity contribution in [3.8, 4) is 17.6 Å². The second kappa shape index (κ2) is 10.2. The second-order valence-corrected chi connectivity index (χ2v) is 6.19. The van der Waals surface area contributed by atoms with E-state index >= 15 is 0 Å². The van der Waals surface area contributed by atoms with Crippen molar-refractivity contribution in [1.82, 2.24) is 0 Å². The molecule has 0 radical (unpaired) electrons. The molecule has 7 nitrogen and oxygen atoms in total. The van der Waals surface area contributed by atoms with Crippen LogP contribution in [0, 0.1) is 17.1 Å². The molecule has 0 aliphatic carbocycles. The molecule has 0 saturated carbocycles. The van der Waals surface area contributed by atoms with Gasteiger partial charge in [-0.25, -0.2) is 14.2 Å². The SMILES string of the molecule is COC(=O)/N=C(\SC)C(=Nc1ccc(C#N)c(F)c1)c1ccc(OC)c(OC)c1. The van der Waals surface area contributed by atoms with E-state index in [0.29, 0.717) is 22.8 Å². The largest absolute Gasteiger partial charge is 0.493 e. The van der Waals surface area contributed by atoms with Crippen molar-refractivity contribution >= 4 is 34.3 Å². The number of carbonyl (C=O) groups is 1. The average Bonchev–Trinajstić information content (AvgIpc) is 2.75. The van der Waals surface area contributed by atoms with Gasteiger partial charge in [-0.2, -0.15) is 10.3 Å². The van der Waals surface area contributed by atoms with Crippen molar-refractivity contribution in [3.63, 3.8) is 0 Å². The van der Waals surface area contributed by atoms with Gasteiger partial charge in [0.1, 0.15) is 22.6 Å². The number of aliphatic imine (C=N–C) groups is 2. The van der Waals surface area contributed by atoms with Crippen molar-refractivity contribution < 1.29 is 23.4 Å². The van der Waals surface area contributed by atoms with Crippen LogP contribution in [0.3, 0.4) is 0 Å². The lowest BCUT2D eigenvalue weighted by Crippen LogP contribution is -2.14. The molecule has 1 amide bonds. The Balaban J connectivity index is 2.69. The lowest BCUT2D eigenvalue weighted by atomic mass is 10.1. The van der Waals surface area contributed by atoms with Crippen molar-refractivity contribution in [2.24, 2.45) is 9.98 Å². The summed E-state index contributed by atoms with van der Waals surface area (Å²) in [6.07, 6.45) is 0.922. The number of nitrogens with zero attached hydrogens (tertiary/aromatic N) is 3. The first-order valence-electron chi connectivity index (χ1n) is 8.19. The molecule has 0 N–H and O–H groups in total. The minimum absolute atomic E-state index is 0.0927. The summed E-state index contributed by atoms with van der Waals surface area (Å²) < 4.78 is 29.2. The number of hydrogen-bond donors (Lipinski definition) is 0. The second-order valence-electron chi connectivity index (χ2n) is 5.40. The minimum Gasteiger partial charge on any atom is -0.493 e. The van der Waals surface area contributed by atoms with Crippen LogP contribution in [0.5, 0.6) is 11.5 Å². The molecule has 0 aromatic heterocycles. The third-order valence-corrected chi connectivity index (χ3v) is 4.41. The van der Waals surface area contributed by atoms with Gasteiger partial charge in [-0.05, 0) is 36.6 Å². The van der Waals surface area contributed by atoms with Gasteiger partial charge in [0.15, 0.2) is 11.5 Å². The molecule has 0 atom stereocenters. The van der Waals surface area contributed by atoms with Crippen LogP contribution in [0.4, 0.5) is 14.9 Å². The molecule has 0 heterocycles. The zero-order valence-corrected chi connectivity index (χ0v) is 17.0. The van der Waals surface area contributed by atoms with Crippen LogP contribution in [-0.4, -0.2) is 44.4 Å². The molecule has 0 fully saturated rings. The molecule has 0 unspecified atom stereocenters. The highest BCUT2D eigenvalue weighted by molar-refractivity contribution is 8.15.